The predicted octanol–water partition coefficient (Wildman–Crippen LogP) is -2.69. The Balaban J connectivity index is 0. The van der Waals surface area contributed by atoms with Crippen LogP contribution in [0.3, 0.4) is 0 Å². The Kier molecular flexibility index (Phi) is 9.29. The molecule has 0 heterocycles. The van der Waals surface area contributed by atoms with E-state index in [4.69, 9.17) is 25.5 Å². The molecule has 0 aromatic carbocycles. The maximum Gasteiger partial charge on any atom is 0.371 e. The molecule has 17 heavy (non-hydrogen) atoms. The highest BCUT2D eigenvalue weighted by molar-refractivity contribution is 6.31. The summed E-state index contributed by atoms with van der Waals surface area (Å²) in [5, 5.41) is 42.7. The Labute approximate surface area is 97.1 Å². The van der Waals surface area contributed by atoms with Gasteiger partial charge >= 0.3 is 5.97 Å². The van der Waals surface area contributed by atoms with Gasteiger partial charge in [0.25, 0.3) is 0 Å². The molecule has 0 aromatic rings. The molecule has 0 amide bonds. The third-order valence-electron chi connectivity index (χ3n) is 1.63. The number of carboxylic acid groups (broad SMARTS) is 1. The van der Waals surface area contributed by atoms with Crippen LogP contribution in [0.1, 0.15) is 13.8 Å². The van der Waals surface area contributed by atoms with Gasteiger partial charge in [-0.05, 0) is 6.92 Å². The lowest BCUT2D eigenvalue weighted by molar-refractivity contribution is -0.148. The van der Waals surface area contributed by atoms with Crippen molar-refractivity contribution in [3.8, 4) is 0 Å². The number of hydrogen-bond donors (Lipinski definition) is 5. The highest BCUT2D eigenvalue weighted by Gasteiger charge is 2.27. The van der Waals surface area contributed by atoms with E-state index in [1.165, 1.54) is 6.92 Å². The smallest absolute Gasteiger partial charge is 0.371 e. The molecule has 4 atom stereocenters. The SMILES string of the molecule is CC(=O)C(=O)O.C[C@H](O)[C@H](O)[C@@H](O)[C@@H](O)C=O. The summed E-state index contributed by atoms with van der Waals surface area (Å²) in [6.07, 6.45) is -5.88. The van der Waals surface area contributed by atoms with Gasteiger partial charge in [0.2, 0.25) is 5.78 Å². The van der Waals surface area contributed by atoms with E-state index >= 15 is 0 Å². The van der Waals surface area contributed by atoms with Crippen LogP contribution < -0.4 is 0 Å². The zero-order valence-electron chi connectivity index (χ0n) is 9.35. The van der Waals surface area contributed by atoms with Gasteiger partial charge in [-0.25, -0.2) is 4.79 Å². The van der Waals surface area contributed by atoms with Gasteiger partial charge in [-0.3, -0.25) is 4.79 Å². The van der Waals surface area contributed by atoms with Crippen molar-refractivity contribution in [1.29, 1.82) is 0 Å². The minimum absolute atomic E-state index is 0.0935. The second kappa shape index (κ2) is 8.76. The summed E-state index contributed by atoms with van der Waals surface area (Å²) in [6.45, 7) is 2.24. The molecule has 5 N–H and O–H groups in total. The van der Waals surface area contributed by atoms with E-state index in [9.17, 15) is 14.4 Å². The van der Waals surface area contributed by atoms with Crippen LogP contribution in [-0.4, -0.2) is 68.0 Å². The third-order valence-corrected chi connectivity index (χ3v) is 1.63. The average molecular weight is 252 g/mol. The highest BCUT2D eigenvalue weighted by atomic mass is 16.4. The zero-order valence-corrected chi connectivity index (χ0v) is 9.35. The third kappa shape index (κ3) is 8.46. The molecule has 8 nitrogen and oxygen atoms in total. The normalized spacial score (nSPS) is 16.8. The first-order chi connectivity index (χ1) is 7.64. The molecule has 0 rings (SSSR count). The molecular weight excluding hydrogens is 236 g/mol. The van der Waals surface area contributed by atoms with E-state index < -0.39 is 36.2 Å². The van der Waals surface area contributed by atoms with Crippen molar-refractivity contribution < 1.29 is 39.9 Å². The fourth-order valence-corrected chi connectivity index (χ4v) is 0.568. The first-order valence-electron chi connectivity index (χ1n) is 4.56. The number of hydrogen-bond acceptors (Lipinski definition) is 7. The number of aliphatic hydroxyl groups excluding tert-OH is 4. The number of aldehydes is 1. The van der Waals surface area contributed by atoms with Gasteiger partial charge in [0.1, 0.15) is 18.3 Å². The first kappa shape index (κ1) is 18.0. The van der Waals surface area contributed by atoms with Crippen molar-refractivity contribution in [2.24, 2.45) is 0 Å². The molecule has 0 aliphatic rings. The maximum atomic E-state index is 9.87. The van der Waals surface area contributed by atoms with E-state index in [1.54, 1.807) is 0 Å². The van der Waals surface area contributed by atoms with Crippen molar-refractivity contribution >= 4 is 18.0 Å². The van der Waals surface area contributed by atoms with Gasteiger partial charge in [0.05, 0.1) is 6.10 Å². The number of aliphatic carboxylic acids is 1. The highest BCUT2D eigenvalue weighted by Crippen LogP contribution is 2.02. The van der Waals surface area contributed by atoms with E-state index in [0.29, 0.717) is 0 Å². The second-order valence-electron chi connectivity index (χ2n) is 3.21. The van der Waals surface area contributed by atoms with E-state index in [1.807, 2.05) is 0 Å². The lowest BCUT2D eigenvalue weighted by Crippen LogP contribution is -2.43. The topological polar surface area (TPSA) is 152 Å². The number of carbonyl (C=O) groups excluding carboxylic acids is 2. The number of ketones is 1. The molecule has 0 unspecified atom stereocenters. The van der Waals surface area contributed by atoms with Crippen molar-refractivity contribution in [1.82, 2.24) is 0 Å². The number of aliphatic hydroxyl groups is 4. The molecule has 8 heteroatoms. The van der Waals surface area contributed by atoms with Crippen LogP contribution >= 0.6 is 0 Å². The Hall–Kier alpha value is -1.35. The maximum absolute atomic E-state index is 9.87. The van der Waals surface area contributed by atoms with Gasteiger partial charge in [0, 0.05) is 6.92 Å². The zero-order chi connectivity index (χ0) is 14.2. The van der Waals surface area contributed by atoms with E-state index in [2.05, 4.69) is 0 Å². The van der Waals surface area contributed by atoms with Crippen molar-refractivity contribution in [3.05, 3.63) is 0 Å². The standard InChI is InChI=1S/C6H12O5.C3H4O3/c1-3(8)5(10)6(11)4(9)2-7;1-2(4)3(5)6/h2-6,8-11H,1H3;1H3,(H,5,6)/t3-,4-,5-,6-;/m0./s1. The molecule has 0 aromatic heterocycles. The molecule has 0 saturated heterocycles. The largest absolute Gasteiger partial charge is 0.476 e. The average Bonchev–Trinajstić information content (AvgIpc) is 2.26. The van der Waals surface area contributed by atoms with Crippen LogP contribution in [0.4, 0.5) is 0 Å². The number of rotatable bonds is 5. The molecular formula is C9H16O8. The van der Waals surface area contributed by atoms with Crippen LogP contribution in [0.2, 0.25) is 0 Å². The minimum Gasteiger partial charge on any atom is -0.476 e. The summed E-state index contributed by atoms with van der Waals surface area (Å²) in [5.41, 5.74) is 0. The van der Waals surface area contributed by atoms with E-state index in [-0.39, 0.29) is 6.29 Å². The quantitative estimate of drug-likeness (QED) is 0.262. The Morgan fingerprint density at radius 2 is 1.41 bits per heavy atom. The Morgan fingerprint density at radius 3 is 1.59 bits per heavy atom. The summed E-state index contributed by atoms with van der Waals surface area (Å²) >= 11 is 0. The molecule has 0 bridgehead atoms. The van der Waals surface area contributed by atoms with Crippen LogP contribution in [-0.2, 0) is 14.4 Å². The molecule has 0 fully saturated rings. The van der Waals surface area contributed by atoms with Crippen molar-refractivity contribution in [2.45, 2.75) is 38.3 Å². The summed E-state index contributed by atoms with van der Waals surface area (Å²) < 4.78 is 0. The van der Waals surface area contributed by atoms with Crippen molar-refractivity contribution in [2.75, 3.05) is 0 Å². The van der Waals surface area contributed by atoms with Crippen LogP contribution in [0, 0.1) is 0 Å². The summed E-state index contributed by atoms with van der Waals surface area (Å²) in [7, 11) is 0. The second-order valence-corrected chi connectivity index (χ2v) is 3.21. The van der Waals surface area contributed by atoms with Crippen molar-refractivity contribution in [3.63, 3.8) is 0 Å². The fourth-order valence-electron chi connectivity index (χ4n) is 0.568. The number of Topliss-reactive ketones (excluding diaryl/α,β-unsaturated/α-hetero) is 1. The van der Waals surface area contributed by atoms with Crippen LogP contribution in [0.15, 0.2) is 0 Å². The molecule has 0 aliphatic heterocycles. The van der Waals surface area contributed by atoms with Gasteiger partial charge in [-0.15, -0.1) is 0 Å². The summed E-state index contributed by atoms with van der Waals surface area (Å²) in [5.74, 6) is -2.20. The van der Waals surface area contributed by atoms with Gasteiger partial charge < -0.3 is 30.3 Å². The minimum atomic E-state index is -1.65. The fraction of sp³-hybridized carbons (Fsp3) is 0.667. The molecule has 100 valence electrons. The summed E-state index contributed by atoms with van der Waals surface area (Å²) in [4.78, 5) is 28.8. The van der Waals surface area contributed by atoms with E-state index in [0.717, 1.165) is 6.92 Å². The predicted molar refractivity (Wildman–Crippen MR) is 54.1 cm³/mol. The number of carbonyl (C=O) groups is 3. The molecule has 0 aliphatic carbocycles. The summed E-state index contributed by atoms with van der Waals surface area (Å²) in [6, 6.07) is 0. The van der Waals surface area contributed by atoms with Gasteiger partial charge in [0.15, 0.2) is 6.29 Å². The molecule has 0 radical (unpaired) electrons. The Morgan fingerprint density at radius 1 is 1.06 bits per heavy atom. The van der Waals surface area contributed by atoms with Gasteiger partial charge in [-0.1, -0.05) is 0 Å². The lowest BCUT2D eigenvalue weighted by atomic mass is 10.1. The monoisotopic (exact) mass is 252 g/mol. The first-order valence-corrected chi connectivity index (χ1v) is 4.56. The van der Waals surface area contributed by atoms with Crippen LogP contribution in [0.25, 0.3) is 0 Å². The van der Waals surface area contributed by atoms with Crippen LogP contribution in [0.5, 0.6) is 0 Å². The Bertz CT molecular complexity index is 250. The van der Waals surface area contributed by atoms with Gasteiger partial charge in [-0.2, -0.15) is 0 Å². The molecule has 0 saturated carbocycles. The lowest BCUT2D eigenvalue weighted by Gasteiger charge is -2.21. The number of carboxylic acids is 1. The molecule has 0 spiro atoms.